The molecule has 2 amide bonds. The molecular weight excluding hydrogens is 440 g/mol. The minimum atomic E-state index is -4.71. The molecule has 33 heavy (non-hydrogen) atoms. The van der Waals surface area contributed by atoms with Gasteiger partial charge in [0.25, 0.3) is 5.91 Å². The van der Waals surface area contributed by atoms with E-state index in [1.54, 1.807) is 25.1 Å². The third-order valence-corrected chi connectivity index (χ3v) is 5.95. The lowest BCUT2D eigenvalue weighted by molar-refractivity contribution is -0.138. The Morgan fingerprint density at radius 3 is 2.58 bits per heavy atom. The molecule has 0 saturated heterocycles. The highest BCUT2D eigenvalue weighted by atomic mass is 19.4. The first kappa shape index (κ1) is 22.5. The average molecular weight is 460 g/mol. The molecule has 0 aliphatic carbocycles. The number of carbonyl (C=O) groups excluding carboxylic acids is 2. The maximum Gasteiger partial charge on any atom is 0.416 e. The Bertz CT molecular complexity index is 1310. The normalized spacial score (nSPS) is 17.1. The van der Waals surface area contributed by atoms with Crippen LogP contribution in [0.15, 0.2) is 47.7 Å². The number of hydrogen-bond donors (Lipinski definition) is 2. The number of allylic oxidation sites excluding steroid dienone is 1. The first-order valence-corrected chi connectivity index (χ1v) is 10.1. The fraction of sp³-hybridized carbons (Fsp3) is 0.261. The number of rotatable bonds is 3. The van der Waals surface area contributed by atoms with E-state index < -0.39 is 29.4 Å². The number of hydrogen-bond acceptors (Lipinski definition) is 3. The minimum absolute atomic E-state index is 0.111. The van der Waals surface area contributed by atoms with E-state index in [-0.39, 0.29) is 23.5 Å². The first-order chi connectivity index (χ1) is 15.5. The lowest BCUT2D eigenvalue weighted by atomic mass is 9.82. The van der Waals surface area contributed by atoms with Crippen LogP contribution in [0.5, 0.6) is 0 Å². The SMILES string of the molecule is CC1=C(C(=O)Nc2ccc3[nH]nc(C)c3c2)C(c2ccc(C(F)(F)F)cc2F)CC(=O)N1C. The first-order valence-electron chi connectivity index (χ1n) is 10.1. The Hall–Kier alpha value is -3.69. The third kappa shape index (κ3) is 4.08. The summed E-state index contributed by atoms with van der Waals surface area (Å²) in [5, 5.41) is 10.5. The molecule has 0 bridgehead atoms. The Morgan fingerprint density at radius 1 is 1.18 bits per heavy atom. The van der Waals surface area contributed by atoms with Crippen LogP contribution in [0.4, 0.5) is 23.2 Å². The van der Waals surface area contributed by atoms with E-state index in [4.69, 9.17) is 0 Å². The van der Waals surface area contributed by atoms with E-state index in [1.165, 1.54) is 11.9 Å². The number of carbonyl (C=O) groups is 2. The third-order valence-electron chi connectivity index (χ3n) is 5.95. The van der Waals surface area contributed by atoms with Crippen LogP contribution in [0.25, 0.3) is 10.9 Å². The number of aromatic nitrogens is 2. The van der Waals surface area contributed by atoms with Gasteiger partial charge in [0.05, 0.1) is 16.8 Å². The number of alkyl halides is 3. The molecule has 172 valence electrons. The molecule has 2 heterocycles. The lowest BCUT2D eigenvalue weighted by Crippen LogP contribution is -2.37. The van der Waals surface area contributed by atoms with Crippen LogP contribution in [-0.2, 0) is 15.8 Å². The van der Waals surface area contributed by atoms with Crippen LogP contribution in [0.3, 0.4) is 0 Å². The van der Waals surface area contributed by atoms with E-state index in [1.807, 2.05) is 6.92 Å². The van der Waals surface area contributed by atoms with Crippen molar-refractivity contribution in [3.63, 3.8) is 0 Å². The van der Waals surface area contributed by atoms with Crippen molar-refractivity contribution in [1.82, 2.24) is 15.1 Å². The van der Waals surface area contributed by atoms with Crippen LogP contribution in [0.2, 0.25) is 0 Å². The Labute approximate surface area is 186 Å². The van der Waals surface area contributed by atoms with Gasteiger partial charge in [-0.2, -0.15) is 18.3 Å². The molecule has 0 fully saturated rings. The van der Waals surface area contributed by atoms with Crippen molar-refractivity contribution in [3.05, 3.63) is 70.3 Å². The summed E-state index contributed by atoms with van der Waals surface area (Å²) >= 11 is 0. The van der Waals surface area contributed by atoms with Gasteiger partial charge in [0.15, 0.2) is 0 Å². The van der Waals surface area contributed by atoms with Gasteiger partial charge in [0.2, 0.25) is 5.91 Å². The summed E-state index contributed by atoms with van der Waals surface area (Å²) in [5.74, 6) is -3.10. The van der Waals surface area contributed by atoms with Crippen LogP contribution in [0, 0.1) is 12.7 Å². The van der Waals surface area contributed by atoms with Crippen LogP contribution in [-0.4, -0.2) is 34.0 Å². The fourth-order valence-corrected chi connectivity index (χ4v) is 4.03. The molecule has 10 heteroatoms. The van der Waals surface area contributed by atoms with E-state index in [0.29, 0.717) is 17.5 Å². The number of aryl methyl sites for hydroxylation is 1. The van der Waals surface area contributed by atoms with Crippen molar-refractivity contribution < 1.29 is 27.2 Å². The van der Waals surface area contributed by atoms with Crippen molar-refractivity contribution in [1.29, 1.82) is 0 Å². The van der Waals surface area contributed by atoms with Gasteiger partial charge >= 0.3 is 6.18 Å². The molecule has 0 saturated carbocycles. The zero-order chi connectivity index (χ0) is 24.1. The summed E-state index contributed by atoms with van der Waals surface area (Å²) in [4.78, 5) is 27.0. The summed E-state index contributed by atoms with van der Waals surface area (Å²) in [6.07, 6.45) is -4.96. The molecule has 1 aliphatic heterocycles. The smallest absolute Gasteiger partial charge is 0.322 e. The van der Waals surface area contributed by atoms with Crippen molar-refractivity contribution in [2.45, 2.75) is 32.4 Å². The van der Waals surface area contributed by atoms with Gasteiger partial charge < -0.3 is 10.2 Å². The molecular formula is C23H20F4N4O2. The number of amides is 2. The summed E-state index contributed by atoms with van der Waals surface area (Å²) in [6, 6.07) is 7.27. The number of halogens is 4. The summed E-state index contributed by atoms with van der Waals surface area (Å²) in [5.41, 5.74) is 1.11. The second-order valence-corrected chi connectivity index (χ2v) is 7.97. The standard InChI is InChI=1S/C23H20F4N4O2/c1-11-16-9-14(5-7-19(16)30-29-11)28-22(33)21-12(2)31(3)20(32)10-17(21)15-6-4-13(8-18(15)24)23(25,26)27/h4-9,17H,10H2,1-3H3,(H,28,33)(H,29,30). The minimum Gasteiger partial charge on any atom is -0.322 e. The molecule has 2 aromatic carbocycles. The molecule has 6 nitrogen and oxygen atoms in total. The fourth-order valence-electron chi connectivity index (χ4n) is 4.03. The highest BCUT2D eigenvalue weighted by Crippen LogP contribution is 2.39. The predicted molar refractivity (Wildman–Crippen MR) is 114 cm³/mol. The van der Waals surface area contributed by atoms with Crippen LogP contribution >= 0.6 is 0 Å². The summed E-state index contributed by atoms with van der Waals surface area (Å²) < 4.78 is 53.7. The van der Waals surface area contributed by atoms with Gasteiger partial charge in [-0.05, 0) is 49.7 Å². The monoisotopic (exact) mass is 460 g/mol. The molecule has 4 rings (SSSR count). The Morgan fingerprint density at radius 2 is 1.91 bits per heavy atom. The van der Waals surface area contributed by atoms with Crippen molar-refractivity contribution in [3.8, 4) is 0 Å². The maximum atomic E-state index is 14.8. The summed E-state index contributed by atoms with van der Waals surface area (Å²) in [6.45, 7) is 3.35. The molecule has 3 aromatic rings. The molecule has 1 aromatic heterocycles. The predicted octanol–water partition coefficient (Wildman–Crippen LogP) is 4.89. The van der Waals surface area contributed by atoms with Crippen LogP contribution in [0.1, 0.15) is 36.1 Å². The number of nitrogens with one attached hydrogen (secondary N) is 2. The van der Waals surface area contributed by atoms with Gasteiger partial charge in [-0.1, -0.05) is 6.07 Å². The van der Waals surface area contributed by atoms with Gasteiger partial charge in [-0.25, -0.2) is 4.39 Å². The molecule has 1 atom stereocenters. The zero-order valence-electron chi connectivity index (χ0n) is 18.0. The number of aromatic amines is 1. The van der Waals surface area contributed by atoms with Gasteiger partial charge in [0, 0.05) is 41.7 Å². The van der Waals surface area contributed by atoms with Gasteiger partial charge in [-0.15, -0.1) is 0 Å². The average Bonchev–Trinajstić information content (AvgIpc) is 3.11. The topological polar surface area (TPSA) is 78.1 Å². The molecule has 1 aliphatic rings. The van der Waals surface area contributed by atoms with Crippen molar-refractivity contribution in [2.75, 3.05) is 12.4 Å². The number of anilines is 1. The quantitative estimate of drug-likeness (QED) is 0.547. The highest BCUT2D eigenvalue weighted by molar-refractivity contribution is 6.07. The number of H-pyrrole nitrogens is 1. The number of fused-ring (bicyclic) bond motifs is 1. The number of benzene rings is 2. The van der Waals surface area contributed by atoms with E-state index in [9.17, 15) is 27.2 Å². The molecule has 0 radical (unpaired) electrons. The summed E-state index contributed by atoms with van der Waals surface area (Å²) in [7, 11) is 1.49. The van der Waals surface area contributed by atoms with Gasteiger partial charge in [0.1, 0.15) is 5.82 Å². The lowest BCUT2D eigenvalue weighted by Gasteiger charge is -2.32. The maximum absolute atomic E-state index is 14.8. The molecule has 1 unspecified atom stereocenters. The van der Waals surface area contributed by atoms with Gasteiger partial charge in [-0.3, -0.25) is 14.7 Å². The Balaban J connectivity index is 1.73. The highest BCUT2D eigenvalue weighted by Gasteiger charge is 2.37. The van der Waals surface area contributed by atoms with E-state index in [2.05, 4.69) is 15.5 Å². The zero-order valence-corrected chi connectivity index (χ0v) is 18.0. The molecule has 0 spiro atoms. The van der Waals surface area contributed by atoms with Crippen LogP contribution < -0.4 is 5.32 Å². The second-order valence-electron chi connectivity index (χ2n) is 7.97. The van der Waals surface area contributed by atoms with E-state index in [0.717, 1.165) is 28.7 Å². The second kappa shape index (κ2) is 8.02. The Kier molecular flexibility index (Phi) is 5.47. The van der Waals surface area contributed by atoms with E-state index >= 15 is 0 Å². The van der Waals surface area contributed by atoms with Crippen molar-refractivity contribution in [2.24, 2.45) is 0 Å². The van der Waals surface area contributed by atoms with Crippen molar-refractivity contribution >= 4 is 28.4 Å². The number of nitrogens with zero attached hydrogens (tertiary/aromatic N) is 2. The largest absolute Gasteiger partial charge is 0.416 e. The molecule has 2 N–H and O–H groups in total.